The number of aryl methyl sites for hydroxylation is 1. The molecule has 0 aliphatic rings. The first-order valence-electron chi connectivity index (χ1n) is 6.68. The predicted molar refractivity (Wildman–Crippen MR) is 90.9 cm³/mol. The molecule has 0 saturated heterocycles. The number of hydrogen-bond acceptors (Lipinski definition) is 0. The Bertz CT molecular complexity index is 176. The molecule has 0 nitrogen and oxygen atoms in total. The molecule has 0 aliphatic carbocycles. The third-order valence-corrected chi connectivity index (χ3v) is 1.31. The standard InChI is InChI=1S/C9H11.C3H8.2C2H6.CH3.B.Y/c1-2-6-9-7-4-3-5-8-9;1-3-2;2*1-2;;;/h3-5,7-8H,1-2,6H2;3H2,1-2H3;2*1-2H3;1H3;;/q-1;;;;-1;;. The quantitative estimate of drug-likeness (QED) is 0.459. The summed E-state index contributed by atoms with van der Waals surface area (Å²) in [6.45, 7) is 16.0. The van der Waals surface area contributed by atoms with Crippen LogP contribution >= 0.6 is 0 Å². The molecule has 0 unspecified atom stereocenters. The summed E-state index contributed by atoms with van der Waals surface area (Å²) < 4.78 is 0. The molecule has 1 aromatic carbocycles. The number of benzene rings is 1. The van der Waals surface area contributed by atoms with Gasteiger partial charge in [-0.05, 0) is 0 Å². The Morgan fingerprint density at radius 3 is 1.47 bits per heavy atom. The minimum Gasteiger partial charge on any atom is -0.358 e. The van der Waals surface area contributed by atoms with Gasteiger partial charge in [0.05, 0.1) is 0 Å². The van der Waals surface area contributed by atoms with E-state index in [9.17, 15) is 0 Å². The molecule has 0 spiro atoms. The molecule has 0 atom stereocenters. The third-order valence-electron chi connectivity index (χ3n) is 1.31. The van der Waals surface area contributed by atoms with Crippen molar-refractivity contribution in [1.82, 2.24) is 0 Å². The van der Waals surface area contributed by atoms with Crippen molar-refractivity contribution in [3.63, 3.8) is 0 Å². The van der Waals surface area contributed by atoms with Gasteiger partial charge in [0.2, 0.25) is 0 Å². The fourth-order valence-electron chi connectivity index (χ4n) is 0.849. The first kappa shape index (κ1) is 36.6. The summed E-state index contributed by atoms with van der Waals surface area (Å²) in [6, 6.07) is 10.4. The van der Waals surface area contributed by atoms with Crippen LogP contribution in [0.3, 0.4) is 0 Å². The van der Waals surface area contributed by atoms with Crippen LogP contribution in [-0.2, 0) is 39.1 Å². The molecule has 0 bridgehead atoms. The van der Waals surface area contributed by atoms with Crippen LogP contribution in [0, 0.1) is 14.4 Å². The second-order valence-corrected chi connectivity index (χ2v) is 2.80. The van der Waals surface area contributed by atoms with E-state index in [4.69, 9.17) is 0 Å². The molecule has 19 heavy (non-hydrogen) atoms. The Hall–Kier alpha value is 0.389. The van der Waals surface area contributed by atoms with Crippen molar-refractivity contribution in [3.05, 3.63) is 50.2 Å². The number of rotatable bonds is 2. The van der Waals surface area contributed by atoms with E-state index in [0.29, 0.717) is 0 Å². The van der Waals surface area contributed by atoms with Gasteiger partial charge in [-0.2, -0.15) is 6.42 Å². The average molecular weight is 338 g/mol. The predicted octanol–water partition coefficient (Wildman–Crippen LogP) is 5.99. The van der Waals surface area contributed by atoms with Crippen molar-refractivity contribution in [3.8, 4) is 0 Å². The van der Waals surface area contributed by atoms with Crippen molar-refractivity contribution in [2.45, 2.75) is 60.8 Å². The number of hydrogen-bond donors (Lipinski definition) is 0. The maximum atomic E-state index is 3.78. The summed E-state index contributed by atoms with van der Waals surface area (Å²) in [7, 11) is 0. The zero-order valence-electron chi connectivity index (χ0n) is 14.4. The minimum atomic E-state index is 0. The van der Waals surface area contributed by atoms with Gasteiger partial charge in [0, 0.05) is 41.1 Å². The molecular formula is C17H34BY-2. The fraction of sp³-hybridized carbons (Fsp3) is 0.529. The van der Waals surface area contributed by atoms with E-state index >= 15 is 0 Å². The smallest absolute Gasteiger partial charge is 0 e. The van der Waals surface area contributed by atoms with Crippen LogP contribution in [-0.4, -0.2) is 8.41 Å². The molecule has 4 radical (unpaired) electrons. The van der Waals surface area contributed by atoms with Crippen molar-refractivity contribution < 1.29 is 32.7 Å². The fourth-order valence-corrected chi connectivity index (χ4v) is 0.849. The molecule has 110 valence electrons. The van der Waals surface area contributed by atoms with Gasteiger partial charge >= 0.3 is 0 Å². The summed E-state index contributed by atoms with van der Waals surface area (Å²) in [6.07, 6.45) is 3.34. The Kier molecular flexibility index (Phi) is 82.5. The zero-order chi connectivity index (χ0) is 13.2. The van der Waals surface area contributed by atoms with Gasteiger partial charge in [-0.15, -0.1) is 0 Å². The first-order chi connectivity index (χ1) is 7.85. The van der Waals surface area contributed by atoms with Crippen LogP contribution < -0.4 is 0 Å². The summed E-state index contributed by atoms with van der Waals surface area (Å²) in [4.78, 5) is 0. The molecule has 0 N–H and O–H groups in total. The monoisotopic (exact) mass is 338 g/mol. The van der Waals surface area contributed by atoms with Gasteiger partial charge in [-0.3, -0.25) is 0 Å². The van der Waals surface area contributed by atoms with Crippen molar-refractivity contribution >= 4 is 8.41 Å². The van der Waals surface area contributed by atoms with E-state index in [2.05, 4.69) is 45.0 Å². The first-order valence-corrected chi connectivity index (χ1v) is 6.68. The minimum absolute atomic E-state index is 0. The SMILES string of the molecule is CC.CC.CCC.[B].[CH2-]CCc1ccccc1.[CH3-].[Y]. The van der Waals surface area contributed by atoms with E-state index in [0.717, 1.165) is 12.8 Å². The molecule has 0 saturated carbocycles. The topological polar surface area (TPSA) is 0 Å². The van der Waals surface area contributed by atoms with Crippen molar-refractivity contribution in [2.75, 3.05) is 0 Å². The van der Waals surface area contributed by atoms with Gasteiger partial charge < -0.3 is 14.4 Å². The van der Waals surface area contributed by atoms with E-state index in [-0.39, 0.29) is 48.5 Å². The van der Waals surface area contributed by atoms with Gasteiger partial charge in [0.25, 0.3) is 0 Å². The van der Waals surface area contributed by atoms with Crippen molar-refractivity contribution in [1.29, 1.82) is 0 Å². The molecule has 0 aliphatic heterocycles. The van der Waals surface area contributed by atoms with Crippen molar-refractivity contribution in [2.24, 2.45) is 0 Å². The van der Waals surface area contributed by atoms with Crippen LogP contribution in [0.1, 0.15) is 59.9 Å². The zero-order valence-corrected chi connectivity index (χ0v) is 17.2. The summed E-state index contributed by atoms with van der Waals surface area (Å²) in [5, 5.41) is 0. The van der Waals surface area contributed by atoms with E-state index in [1.165, 1.54) is 12.0 Å². The van der Waals surface area contributed by atoms with E-state index in [1.807, 2.05) is 33.8 Å². The van der Waals surface area contributed by atoms with Crippen LogP contribution in [0.5, 0.6) is 0 Å². The normalized spacial score (nSPS) is 6.05. The van der Waals surface area contributed by atoms with Crippen LogP contribution in [0.4, 0.5) is 0 Å². The average Bonchev–Trinajstić information content (AvgIpc) is 2.37. The largest absolute Gasteiger partial charge is 0.358 e. The van der Waals surface area contributed by atoms with Gasteiger partial charge in [0.15, 0.2) is 0 Å². The van der Waals surface area contributed by atoms with E-state index < -0.39 is 0 Å². The van der Waals surface area contributed by atoms with Crippen LogP contribution in [0.2, 0.25) is 0 Å². The second kappa shape index (κ2) is 42.9. The van der Waals surface area contributed by atoms with Gasteiger partial charge in [-0.25, -0.2) is 0 Å². The maximum absolute atomic E-state index is 3.78. The molecule has 0 aromatic heterocycles. The van der Waals surface area contributed by atoms with Gasteiger partial charge in [0.1, 0.15) is 0 Å². The molecule has 0 amide bonds. The Labute approximate surface area is 151 Å². The Balaban J connectivity index is -0.0000000371. The third kappa shape index (κ3) is 38.1. The second-order valence-electron chi connectivity index (χ2n) is 2.80. The Morgan fingerprint density at radius 2 is 1.21 bits per heavy atom. The molecule has 1 rings (SSSR count). The molecular weight excluding hydrogens is 304 g/mol. The summed E-state index contributed by atoms with van der Waals surface area (Å²) in [5.74, 6) is 0. The molecule has 0 heterocycles. The van der Waals surface area contributed by atoms with Crippen LogP contribution in [0.15, 0.2) is 30.3 Å². The molecule has 0 fully saturated rings. The van der Waals surface area contributed by atoms with Crippen LogP contribution in [0.25, 0.3) is 0 Å². The summed E-state index contributed by atoms with van der Waals surface area (Å²) in [5.41, 5.74) is 1.38. The van der Waals surface area contributed by atoms with E-state index in [1.54, 1.807) is 0 Å². The Morgan fingerprint density at radius 1 is 0.895 bits per heavy atom. The molecule has 2 heteroatoms. The summed E-state index contributed by atoms with van der Waals surface area (Å²) >= 11 is 0. The maximum Gasteiger partial charge on any atom is 0 e. The molecule has 1 aromatic rings. The van der Waals surface area contributed by atoms with Gasteiger partial charge in [-0.1, -0.05) is 90.3 Å².